The van der Waals surface area contributed by atoms with Gasteiger partial charge in [-0.15, -0.1) is 48.1 Å². The standard InChI is InChI=1S/C72H77N4O.Pt/c1-46(2)35-47-36-58(48-27-30-60-61(40-48)72(14,15)33-32-71(60,12)13)67(59(37-47)49-38-51(69(6,7)8)41-52(39-49)70(9,10)11)75-45-74(63-25-18-19-26-64(63)75)53-21-20-22-54(43-53)77-55-28-29-57-56-23-16-17-24-62(56)76(65(57)44-55)66-42-50(31-34-73-66)68(3,4)5;/h16-31,34,36-42,45-46H,32-33,35H2,1-15H3;/q-3;/i6D3,7D3,8D3,35D2,38D,39D,41D;. The van der Waals surface area contributed by atoms with Crippen molar-refractivity contribution in [3.8, 4) is 39.6 Å². The summed E-state index contributed by atoms with van der Waals surface area (Å²) >= 11 is 0. The van der Waals surface area contributed by atoms with Gasteiger partial charge in [0, 0.05) is 87.5 Å². The van der Waals surface area contributed by atoms with Crippen LogP contribution in [-0.2, 0) is 54.5 Å². The number of benzene rings is 7. The smallest absolute Gasteiger partial charge is 0.135 e. The Kier molecular flexibility index (Phi) is 10.2. The van der Waals surface area contributed by atoms with Crippen molar-refractivity contribution < 1.29 is 45.0 Å². The van der Waals surface area contributed by atoms with E-state index in [1.54, 1.807) is 46.8 Å². The van der Waals surface area contributed by atoms with E-state index >= 15 is 0 Å². The largest absolute Gasteiger partial charge is 0.509 e. The van der Waals surface area contributed by atoms with Crippen molar-refractivity contribution in [1.29, 1.82) is 0 Å². The molecular weight excluding hydrogens is 1130 g/mol. The fourth-order valence-corrected chi connectivity index (χ4v) is 11.1. The maximum Gasteiger partial charge on any atom is 0.135 e. The van der Waals surface area contributed by atoms with Gasteiger partial charge < -0.3 is 19.1 Å². The van der Waals surface area contributed by atoms with Crippen LogP contribution in [0.1, 0.15) is 169 Å². The molecule has 0 bridgehead atoms. The van der Waals surface area contributed by atoms with E-state index in [1.807, 2.05) is 95.5 Å². The molecule has 0 N–H and O–H groups in total. The Morgan fingerprint density at radius 2 is 1.29 bits per heavy atom. The van der Waals surface area contributed by atoms with Crippen LogP contribution in [0.15, 0.2) is 146 Å². The third-order valence-electron chi connectivity index (χ3n) is 15.4. The van der Waals surface area contributed by atoms with E-state index in [9.17, 15) is 6.85 Å². The molecule has 6 heteroatoms. The van der Waals surface area contributed by atoms with Crippen LogP contribution in [0.2, 0.25) is 0 Å². The van der Waals surface area contributed by atoms with Gasteiger partial charge in [-0.1, -0.05) is 176 Å². The second-order valence-corrected chi connectivity index (χ2v) is 24.7. The molecule has 0 amide bonds. The molecule has 5 nitrogen and oxygen atoms in total. The number of rotatable bonds is 9. The summed E-state index contributed by atoms with van der Waals surface area (Å²) in [6.07, 6.45) is 1.51. The Morgan fingerprint density at radius 3 is 1.99 bits per heavy atom. The summed E-state index contributed by atoms with van der Waals surface area (Å²) in [6, 6.07) is 43.6. The summed E-state index contributed by atoms with van der Waals surface area (Å²) in [5.41, 5.74) is 0.946. The molecule has 0 radical (unpaired) electrons. The molecule has 3 heterocycles. The summed E-state index contributed by atoms with van der Waals surface area (Å²) in [5.74, 6) is 0.849. The number of nitrogens with zero attached hydrogens (tertiary/aromatic N) is 4. The number of hydrogen-bond acceptors (Lipinski definition) is 4. The average molecular weight is 1220 g/mol. The Morgan fingerprint density at radius 1 is 0.654 bits per heavy atom. The fraction of sp³-hybridized carbons (Fsp3) is 0.333. The zero-order valence-electron chi connectivity index (χ0n) is 60.7. The van der Waals surface area contributed by atoms with Crippen LogP contribution < -0.4 is 14.5 Å². The van der Waals surface area contributed by atoms with Crippen LogP contribution in [-0.4, -0.2) is 9.55 Å². The van der Waals surface area contributed by atoms with Crippen molar-refractivity contribution in [2.24, 2.45) is 5.92 Å². The first-order valence-electron chi connectivity index (χ1n) is 33.8. The molecule has 0 atom stereocenters. The summed E-state index contributed by atoms with van der Waals surface area (Å²) in [5, 5.41) is 1.99. The maximum atomic E-state index is 10.4. The number of anilines is 4. The molecule has 0 unspecified atom stereocenters. The first-order valence-corrected chi connectivity index (χ1v) is 26.8. The first kappa shape index (κ1) is 39.9. The number of hydrogen-bond donors (Lipinski definition) is 0. The van der Waals surface area contributed by atoms with Crippen molar-refractivity contribution in [3.05, 3.63) is 198 Å². The van der Waals surface area contributed by atoms with E-state index in [4.69, 9.17) is 22.1 Å². The molecule has 9 aromatic rings. The van der Waals surface area contributed by atoms with E-state index < -0.39 is 67.4 Å². The van der Waals surface area contributed by atoms with E-state index in [-0.39, 0.29) is 65.3 Å². The normalized spacial score (nSPS) is 18.5. The number of para-hydroxylation sites is 3. The summed E-state index contributed by atoms with van der Waals surface area (Å²) in [6.45, 7) is 14.0. The molecule has 0 fully saturated rings. The molecule has 0 spiro atoms. The van der Waals surface area contributed by atoms with E-state index in [0.29, 0.717) is 39.7 Å². The van der Waals surface area contributed by atoms with E-state index in [0.717, 1.165) is 57.2 Å². The quantitative estimate of drug-likeness (QED) is 0.135. The first-order chi connectivity index (χ1) is 42.1. The second kappa shape index (κ2) is 20.0. The minimum Gasteiger partial charge on any atom is -0.509 e. The molecule has 0 saturated carbocycles. The Balaban J connectivity index is 0.00000927. The third-order valence-corrected chi connectivity index (χ3v) is 15.4. The van der Waals surface area contributed by atoms with E-state index in [1.165, 1.54) is 6.07 Å². The number of ether oxygens (including phenoxy) is 1. The van der Waals surface area contributed by atoms with Crippen molar-refractivity contribution >= 4 is 44.6 Å². The Bertz CT molecular complexity index is 4340. The van der Waals surface area contributed by atoms with Crippen molar-refractivity contribution in [3.63, 3.8) is 0 Å². The molecule has 2 aliphatic rings. The zero-order chi connectivity index (χ0) is 66.5. The molecule has 1 aliphatic carbocycles. The zero-order valence-corrected chi connectivity index (χ0v) is 49.0. The van der Waals surface area contributed by atoms with Gasteiger partial charge in [0.1, 0.15) is 5.82 Å². The van der Waals surface area contributed by atoms with Crippen LogP contribution >= 0.6 is 0 Å². The number of pyridine rings is 1. The average Bonchev–Trinajstić information content (AvgIpc) is 0.865. The van der Waals surface area contributed by atoms with Gasteiger partial charge >= 0.3 is 0 Å². The molecule has 404 valence electrons. The SMILES string of the molecule is [2H]c1c(-c2cc(C([2H])([2H])C(C)C)cc(-c3ccc4c(c3)C(C)(C)CCC4(C)C)c2N2[CH-]N(c3[c-]c(Oc4[c-]c5c(cc4)c4ccccc4n5-c4cc(C(C)(C)C)ccn4)ccc3)c3ccccc32)c([2H])c(C(C([2H])([2H])[2H])(C([2H])([2H])[2H])C([2H])([2H])[2H])c([2H])c1C(C)(C)C.[Pt]. The Labute approximate surface area is 500 Å². The van der Waals surface area contributed by atoms with Crippen LogP contribution in [0.5, 0.6) is 11.5 Å². The monoisotopic (exact) mass is 1220 g/mol. The Hall–Kier alpha value is -6.42. The molecular formula is C72H77N4OPt-3. The van der Waals surface area contributed by atoms with Crippen LogP contribution in [0.3, 0.4) is 0 Å². The molecule has 11 rings (SSSR count). The predicted molar refractivity (Wildman–Crippen MR) is 325 cm³/mol. The number of aromatic nitrogens is 2. The number of fused-ring (bicyclic) bond motifs is 5. The van der Waals surface area contributed by atoms with Gasteiger partial charge in [-0.05, 0) is 145 Å². The summed E-state index contributed by atoms with van der Waals surface area (Å²) in [7, 11) is 0. The molecule has 0 saturated heterocycles. The summed E-state index contributed by atoms with van der Waals surface area (Å²) < 4.78 is 140. The van der Waals surface area contributed by atoms with Gasteiger partial charge in [-0.2, -0.15) is 12.1 Å². The van der Waals surface area contributed by atoms with Crippen molar-refractivity contribution in [1.82, 2.24) is 9.55 Å². The summed E-state index contributed by atoms with van der Waals surface area (Å²) in [4.78, 5) is 8.62. The third kappa shape index (κ3) is 10.3. The van der Waals surface area contributed by atoms with Crippen LogP contribution in [0.4, 0.5) is 22.7 Å². The van der Waals surface area contributed by atoms with Gasteiger partial charge in [0.25, 0.3) is 0 Å². The topological polar surface area (TPSA) is 33.5 Å². The fourth-order valence-electron chi connectivity index (χ4n) is 11.1. The van der Waals surface area contributed by atoms with Crippen LogP contribution in [0, 0.1) is 24.7 Å². The van der Waals surface area contributed by atoms with Gasteiger partial charge in [0.15, 0.2) is 0 Å². The van der Waals surface area contributed by atoms with Crippen molar-refractivity contribution in [2.45, 2.75) is 150 Å². The minimum absolute atomic E-state index is 0. The predicted octanol–water partition coefficient (Wildman–Crippen LogP) is 19.8. The van der Waals surface area contributed by atoms with Crippen LogP contribution in [0.25, 0.3) is 49.9 Å². The van der Waals surface area contributed by atoms with Gasteiger partial charge in [0.2, 0.25) is 0 Å². The van der Waals surface area contributed by atoms with Gasteiger partial charge in [-0.3, -0.25) is 0 Å². The molecule has 7 aromatic carbocycles. The van der Waals surface area contributed by atoms with E-state index in [2.05, 4.69) is 95.5 Å². The molecule has 1 aliphatic heterocycles. The van der Waals surface area contributed by atoms with Gasteiger partial charge in [-0.25, -0.2) is 4.98 Å². The van der Waals surface area contributed by atoms with Crippen molar-refractivity contribution in [2.75, 3.05) is 9.80 Å². The molecule has 78 heavy (non-hydrogen) atoms. The molecule has 2 aromatic heterocycles. The van der Waals surface area contributed by atoms with Gasteiger partial charge in [0.05, 0.1) is 4.11 Å². The maximum absolute atomic E-state index is 10.4. The second-order valence-electron chi connectivity index (χ2n) is 24.7. The minimum atomic E-state index is -3.88.